The predicted octanol–water partition coefficient (Wildman–Crippen LogP) is 2.64. The molecular weight excluding hydrogens is 246 g/mol. The highest BCUT2D eigenvalue weighted by Gasteiger charge is 2.15. The molecule has 0 atom stereocenters. The second kappa shape index (κ2) is 6.89. The monoisotopic (exact) mass is 261 g/mol. The molecule has 0 bridgehead atoms. The zero-order chi connectivity index (χ0) is 12.0. The normalized spacial score (nSPS) is 10.4. The van der Waals surface area contributed by atoms with Crippen molar-refractivity contribution in [3.05, 3.63) is 21.3 Å². The van der Waals surface area contributed by atoms with E-state index in [9.17, 15) is 4.79 Å². The van der Waals surface area contributed by atoms with Crippen molar-refractivity contribution in [1.29, 1.82) is 0 Å². The first-order chi connectivity index (χ1) is 7.66. The Morgan fingerprint density at radius 1 is 1.50 bits per heavy atom. The third kappa shape index (κ3) is 3.77. The number of unbranched alkanes of at least 4 members (excludes halogenated alkanes) is 2. The molecule has 1 aromatic rings. The Labute approximate surface area is 105 Å². The topological polar surface area (TPSA) is 40.5 Å². The van der Waals surface area contributed by atoms with Crippen LogP contribution in [0.5, 0.6) is 0 Å². The lowest BCUT2D eigenvalue weighted by atomic mass is 10.2. The quantitative estimate of drug-likeness (QED) is 0.800. The summed E-state index contributed by atoms with van der Waals surface area (Å²) in [6, 6.07) is 1.74. The van der Waals surface area contributed by atoms with Gasteiger partial charge in [0.05, 0.1) is 5.02 Å². The fourth-order valence-electron chi connectivity index (χ4n) is 1.36. The number of hydrogen-bond donors (Lipinski definition) is 1. The number of aliphatic hydroxyl groups excluding tert-OH is 1. The molecule has 16 heavy (non-hydrogen) atoms. The van der Waals surface area contributed by atoms with E-state index in [0.717, 1.165) is 19.3 Å². The summed E-state index contributed by atoms with van der Waals surface area (Å²) in [5.74, 6) is -0.0241. The van der Waals surface area contributed by atoms with E-state index in [-0.39, 0.29) is 12.5 Å². The third-order valence-corrected chi connectivity index (χ3v) is 3.64. The molecule has 0 saturated carbocycles. The summed E-state index contributed by atoms with van der Waals surface area (Å²) >= 11 is 7.26. The first-order valence-corrected chi connectivity index (χ1v) is 6.52. The first-order valence-electron chi connectivity index (χ1n) is 5.26. The number of nitrogens with zero attached hydrogens (tertiary/aromatic N) is 1. The third-order valence-electron chi connectivity index (χ3n) is 2.31. The molecule has 1 N–H and O–H groups in total. The van der Waals surface area contributed by atoms with Gasteiger partial charge in [0.15, 0.2) is 0 Å². The second-order valence-corrected chi connectivity index (χ2v) is 4.93. The molecule has 0 radical (unpaired) electrons. The van der Waals surface area contributed by atoms with Crippen molar-refractivity contribution >= 4 is 28.8 Å². The van der Waals surface area contributed by atoms with E-state index in [2.05, 4.69) is 0 Å². The number of hydrogen-bond acceptors (Lipinski definition) is 3. The number of carbonyl (C=O) groups is 1. The minimum absolute atomic E-state index is 0.0241. The number of thiophene rings is 1. The molecule has 0 fully saturated rings. The molecule has 1 aromatic heterocycles. The second-order valence-electron chi connectivity index (χ2n) is 3.61. The molecule has 0 saturated heterocycles. The van der Waals surface area contributed by atoms with Crippen molar-refractivity contribution < 1.29 is 9.90 Å². The van der Waals surface area contributed by atoms with Gasteiger partial charge in [-0.25, -0.2) is 0 Å². The van der Waals surface area contributed by atoms with Gasteiger partial charge in [0.1, 0.15) is 4.88 Å². The van der Waals surface area contributed by atoms with E-state index in [1.54, 1.807) is 18.0 Å². The smallest absolute Gasteiger partial charge is 0.265 e. The molecule has 0 unspecified atom stereocenters. The van der Waals surface area contributed by atoms with Crippen LogP contribution in [0.1, 0.15) is 28.9 Å². The molecule has 0 aliphatic carbocycles. The fourth-order valence-corrected chi connectivity index (χ4v) is 2.49. The molecule has 5 heteroatoms. The van der Waals surface area contributed by atoms with E-state index in [1.807, 2.05) is 5.38 Å². The van der Waals surface area contributed by atoms with E-state index in [4.69, 9.17) is 16.7 Å². The fraction of sp³-hybridized carbons (Fsp3) is 0.545. The molecule has 1 amide bonds. The van der Waals surface area contributed by atoms with Crippen LogP contribution in [-0.2, 0) is 0 Å². The Bertz CT molecular complexity index is 340. The van der Waals surface area contributed by atoms with E-state index in [0.29, 0.717) is 16.4 Å². The Kier molecular flexibility index (Phi) is 5.80. The predicted molar refractivity (Wildman–Crippen MR) is 67.2 cm³/mol. The molecule has 0 aliphatic heterocycles. The van der Waals surface area contributed by atoms with E-state index in [1.165, 1.54) is 11.3 Å². The lowest BCUT2D eigenvalue weighted by Crippen LogP contribution is -2.27. The number of halogens is 1. The lowest BCUT2D eigenvalue weighted by molar-refractivity contribution is 0.0797. The van der Waals surface area contributed by atoms with Gasteiger partial charge in [-0.3, -0.25) is 4.79 Å². The van der Waals surface area contributed by atoms with Crippen LogP contribution in [0, 0.1) is 0 Å². The van der Waals surface area contributed by atoms with Gasteiger partial charge in [-0.15, -0.1) is 11.3 Å². The van der Waals surface area contributed by atoms with Crippen LogP contribution in [0.2, 0.25) is 5.02 Å². The Morgan fingerprint density at radius 3 is 2.81 bits per heavy atom. The first kappa shape index (κ1) is 13.5. The summed E-state index contributed by atoms with van der Waals surface area (Å²) in [7, 11) is 1.78. The summed E-state index contributed by atoms with van der Waals surface area (Å²) < 4.78 is 0. The number of carbonyl (C=O) groups excluding carboxylic acids is 1. The van der Waals surface area contributed by atoms with E-state index >= 15 is 0 Å². The highest BCUT2D eigenvalue weighted by atomic mass is 35.5. The van der Waals surface area contributed by atoms with Gasteiger partial charge >= 0.3 is 0 Å². The molecule has 1 rings (SSSR count). The summed E-state index contributed by atoms with van der Waals surface area (Å²) in [6.07, 6.45) is 2.64. The molecular formula is C11H16ClNO2S. The maximum Gasteiger partial charge on any atom is 0.265 e. The average Bonchev–Trinajstić information content (AvgIpc) is 2.69. The molecule has 90 valence electrons. The van der Waals surface area contributed by atoms with Gasteiger partial charge in [-0.05, 0) is 30.7 Å². The highest BCUT2D eigenvalue weighted by molar-refractivity contribution is 7.12. The standard InChI is InChI=1S/C11H16ClNO2S/c1-13(6-3-2-4-7-14)11(15)10-9(12)5-8-16-10/h5,8,14H,2-4,6-7H2,1H3. The van der Waals surface area contributed by atoms with Crippen LogP contribution in [0.3, 0.4) is 0 Å². The van der Waals surface area contributed by atoms with Gasteiger partial charge in [0.25, 0.3) is 5.91 Å². The van der Waals surface area contributed by atoms with Gasteiger partial charge in [0.2, 0.25) is 0 Å². The summed E-state index contributed by atoms with van der Waals surface area (Å²) in [5.41, 5.74) is 0. The average molecular weight is 262 g/mol. The Morgan fingerprint density at radius 2 is 2.25 bits per heavy atom. The Balaban J connectivity index is 2.40. The van der Waals surface area contributed by atoms with Crippen molar-refractivity contribution in [3.8, 4) is 0 Å². The number of aliphatic hydroxyl groups is 1. The minimum Gasteiger partial charge on any atom is -0.396 e. The molecule has 0 aromatic carbocycles. The van der Waals surface area contributed by atoms with Crippen LogP contribution >= 0.6 is 22.9 Å². The zero-order valence-corrected chi connectivity index (χ0v) is 10.9. The van der Waals surface area contributed by atoms with Gasteiger partial charge in [-0.1, -0.05) is 11.6 Å². The van der Waals surface area contributed by atoms with Crippen LogP contribution in [0.15, 0.2) is 11.4 Å². The van der Waals surface area contributed by atoms with Crippen molar-refractivity contribution in [2.45, 2.75) is 19.3 Å². The molecule has 0 aliphatic rings. The highest BCUT2D eigenvalue weighted by Crippen LogP contribution is 2.23. The van der Waals surface area contributed by atoms with E-state index < -0.39 is 0 Å². The molecule has 3 nitrogen and oxygen atoms in total. The molecule has 1 heterocycles. The summed E-state index contributed by atoms with van der Waals surface area (Å²) in [4.78, 5) is 14.2. The summed E-state index contributed by atoms with van der Waals surface area (Å²) in [6.45, 7) is 0.918. The largest absolute Gasteiger partial charge is 0.396 e. The van der Waals surface area contributed by atoms with Crippen LogP contribution in [0.25, 0.3) is 0 Å². The maximum atomic E-state index is 11.9. The molecule has 0 spiro atoms. The van der Waals surface area contributed by atoms with Crippen molar-refractivity contribution in [1.82, 2.24) is 4.90 Å². The Hall–Kier alpha value is -0.580. The SMILES string of the molecule is CN(CCCCCO)C(=O)c1sccc1Cl. The van der Waals surface area contributed by atoms with Crippen LogP contribution in [0.4, 0.5) is 0 Å². The summed E-state index contributed by atoms with van der Waals surface area (Å²) in [5, 5.41) is 11.0. The zero-order valence-electron chi connectivity index (χ0n) is 9.28. The maximum absolute atomic E-state index is 11.9. The van der Waals surface area contributed by atoms with Crippen molar-refractivity contribution in [2.75, 3.05) is 20.2 Å². The number of amides is 1. The van der Waals surface area contributed by atoms with Gasteiger partial charge in [0, 0.05) is 20.2 Å². The minimum atomic E-state index is -0.0241. The van der Waals surface area contributed by atoms with Gasteiger partial charge < -0.3 is 10.0 Å². The number of rotatable bonds is 6. The van der Waals surface area contributed by atoms with Crippen LogP contribution < -0.4 is 0 Å². The van der Waals surface area contributed by atoms with Gasteiger partial charge in [-0.2, -0.15) is 0 Å². The lowest BCUT2D eigenvalue weighted by Gasteiger charge is -2.16. The van der Waals surface area contributed by atoms with Crippen molar-refractivity contribution in [2.24, 2.45) is 0 Å². The van der Waals surface area contributed by atoms with Crippen LogP contribution in [-0.4, -0.2) is 36.1 Å². The van der Waals surface area contributed by atoms with Crippen molar-refractivity contribution in [3.63, 3.8) is 0 Å².